The highest BCUT2D eigenvalue weighted by atomic mass is 16.6. The molecule has 0 aromatic carbocycles. The first-order valence-electron chi connectivity index (χ1n) is 4.65. The lowest BCUT2D eigenvalue weighted by atomic mass is 10.1. The lowest BCUT2D eigenvalue weighted by Gasteiger charge is -2.12. The van der Waals surface area contributed by atoms with Gasteiger partial charge in [0.15, 0.2) is 0 Å². The molecule has 0 bridgehead atoms. The minimum Gasteiger partial charge on any atom is -0.377 e. The van der Waals surface area contributed by atoms with Gasteiger partial charge in [0.1, 0.15) is 0 Å². The summed E-state index contributed by atoms with van der Waals surface area (Å²) in [5, 5.41) is 10.6. The third-order valence-electron chi connectivity index (χ3n) is 2.25. The van der Waals surface area contributed by atoms with E-state index in [1.54, 1.807) is 0 Å². The van der Waals surface area contributed by atoms with Crippen LogP contribution >= 0.6 is 0 Å². The topological polar surface area (TPSA) is 65.3 Å². The SMILES string of the molecule is O=[N+]([O-])c1ccnc(C2=CCOCC2)c1. The molecule has 0 amide bonds. The van der Waals surface area contributed by atoms with Gasteiger partial charge in [0.25, 0.3) is 5.69 Å². The van der Waals surface area contributed by atoms with Gasteiger partial charge in [-0.1, -0.05) is 6.08 Å². The number of nitrogens with zero attached hydrogens (tertiary/aromatic N) is 2. The van der Waals surface area contributed by atoms with Crippen molar-refractivity contribution < 1.29 is 9.66 Å². The maximum Gasteiger partial charge on any atom is 0.273 e. The predicted molar refractivity (Wildman–Crippen MR) is 54.3 cm³/mol. The highest BCUT2D eigenvalue weighted by Gasteiger charge is 2.11. The van der Waals surface area contributed by atoms with Gasteiger partial charge in [-0.05, 0) is 12.0 Å². The summed E-state index contributed by atoms with van der Waals surface area (Å²) in [5.74, 6) is 0. The van der Waals surface area contributed by atoms with E-state index in [-0.39, 0.29) is 5.69 Å². The molecule has 0 saturated carbocycles. The van der Waals surface area contributed by atoms with Crippen LogP contribution in [0.3, 0.4) is 0 Å². The smallest absolute Gasteiger partial charge is 0.273 e. The van der Waals surface area contributed by atoms with E-state index in [4.69, 9.17) is 4.74 Å². The van der Waals surface area contributed by atoms with Crippen LogP contribution in [0.5, 0.6) is 0 Å². The molecule has 5 nitrogen and oxygen atoms in total. The number of hydrogen-bond acceptors (Lipinski definition) is 4. The second kappa shape index (κ2) is 4.18. The van der Waals surface area contributed by atoms with Gasteiger partial charge in [-0.3, -0.25) is 15.1 Å². The fraction of sp³-hybridized carbons (Fsp3) is 0.300. The number of pyridine rings is 1. The van der Waals surface area contributed by atoms with Gasteiger partial charge >= 0.3 is 0 Å². The molecule has 0 N–H and O–H groups in total. The molecule has 1 aromatic heterocycles. The molecule has 5 heteroatoms. The van der Waals surface area contributed by atoms with Gasteiger partial charge in [0, 0.05) is 18.3 Å². The second-order valence-electron chi connectivity index (χ2n) is 3.21. The number of rotatable bonds is 2. The minimum atomic E-state index is -0.412. The van der Waals surface area contributed by atoms with Crippen LogP contribution in [-0.4, -0.2) is 23.1 Å². The molecule has 2 heterocycles. The van der Waals surface area contributed by atoms with Crippen molar-refractivity contribution >= 4 is 11.3 Å². The molecule has 78 valence electrons. The average molecular weight is 206 g/mol. The molecule has 15 heavy (non-hydrogen) atoms. The van der Waals surface area contributed by atoms with Crippen molar-refractivity contribution in [1.82, 2.24) is 4.98 Å². The lowest BCUT2D eigenvalue weighted by Crippen LogP contribution is -2.05. The van der Waals surface area contributed by atoms with Gasteiger partial charge in [-0.25, -0.2) is 0 Å². The van der Waals surface area contributed by atoms with E-state index in [0.717, 1.165) is 12.0 Å². The van der Waals surface area contributed by atoms with Gasteiger partial charge in [0.2, 0.25) is 0 Å². The zero-order chi connectivity index (χ0) is 10.7. The van der Waals surface area contributed by atoms with Crippen molar-refractivity contribution in [3.8, 4) is 0 Å². The van der Waals surface area contributed by atoms with E-state index >= 15 is 0 Å². The second-order valence-corrected chi connectivity index (χ2v) is 3.21. The predicted octanol–water partition coefficient (Wildman–Crippen LogP) is 1.79. The van der Waals surface area contributed by atoms with Crippen LogP contribution in [0.1, 0.15) is 12.1 Å². The average Bonchev–Trinajstić information content (AvgIpc) is 2.30. The first-order valence-corrected chi connectivity index (χ1v) is 4.65. The van der Waals surface area contributed by atoms with Crippen LogP contribution in [0.4, 0.5) is 5.69 Å². The van der Waals surface area contributed by atoms with Crippen molar-refractivity contribution in [2.24, 2.45) is 0 Å². The van der Waals surface area contributed by atoms with E-state index in [1.807, 2.05) is 6.08 Å². The van der Waals surface area contributed by atoms with Gasteiger partial charge < -0.3 is 4.74 Å². The van der Waals surface area contributed by atoms with E-state index in [2.05, 4.69) is 4.98 Å². The number of nitro groups is 1. The largest absolute Gasteiger partial charge is 0.377 e. The Morgan fingerprint density at radius 2 is 2.40 bits per heavy atom. The quantitative estimate of drug-likeness (QED) is 0.546. The summed E-state index contributed by atoms with van der Waals surface area (Å²) < 4.78 is 5.16. The first kappa shape index (κ1) is 9.79. The summed E-state index contributed by atoms with van der Waals surface area (Å²) in [6.45, 7) is 1.20. The number of aromatic nitrogens is 1. The summed E-state index contributed by atoms with van der Waals surface area (Å²) in [4.78, 5) is 14.3. The molecular formula is C10H10N2O3. The van der Waals surface area contributed by atoms with Crippen molar-refractivity contribution in [1.29, 1.82) is 0 Å². The Kier molecular flexibility index (Phi) is 2.73. The van der Waals surface area contributed by atoms with E-state index in [9.17, 15) is 10.1 Å². The highest BCUT2D eigenvalue weighted by molar-refractivity contribution is 5.64. The molecular weight excluding hydrogens is 196 g/mol. The monoisotopic (exact) mass is 206 g/mol. The third kappa shape index (κ3) is 2.19. The summed E-state index contributed by atoms with van der Waals surface area (Å²) >= 11 is 0. The zero-order valence-corrected chi connectivity index (χ0v) is 8.05. The van der Waals surface area contributed by atoms with Crippen molar-refractivity contribution in [3.63, 3.8) is 0 Å². The molecule has 0 atom stereocenters. The fourth-order valence-electron chi connectivity index (χ4n) is 1.47. The van der Waals surface area contributed by atoms with Crippen LogP contribution in [-0.2, 0) is 4.74 Å². The van der Waals surface area contributed by atoms with Gasteiger partial charge in [0.05, 0.1) is 23.8 Å². The maximum absolute atomic E-state index is 10.6. The van der Waals surface area contributed by atoms with Crippen molar-refractivity contribution in [3.05, 3.63) is 40.2 Å². The number of ether oxygens (including phenoxy) is 1. The van der Waals surface area contributed by atoms with E-state index in [1.165, 1.54) is 18.3 Å². The Morgan fingerprint density at radius 3 is 3.07 bits per heavy atom. The highest BCUT2D eigenvalue weighted by Crippen LogP contribution is 2.22. The molecule has 1 aliphatic heterocycles. The third-order valence-corrected chi connectivity index (χ3v) is 2.25. The summed E-state index contributed by atoms with van der Waals surface area (Å²) in [5.41, 5.74) is 1.77. The van der Waals surface area contributed by atoms with Crippen LogP contribution in [0.2, 0.25) is 0 Å². The summed E-state index contributed by atoms with van der Waals surface area (Å²) in [7, 11) is 0. The molecule has 1 aromatic rings. The van der Waals surface area contributed by atoms with Crippen molar-refractivity contribution in [2.45, 2.75) is 6.42 Å². The fourth-order valence-corrected chi connectivity index (χ4v) is 1.47. The van der Waals surface area contributed by atoms with E-state index in [0.29, 0.717) is 18.9 Å². The number of hydrogen-bond donors (Lipinski definition) is 0. The Morgan fingerprint density at radius 1 is 1.53 bits per heavy atom. The maximum atomic E-state index is 10.6. The molecule has 0 radical (unpaired) electrons. The zero-order valence-electron chi connectivity index (χ0n) is 8.05. The molecule has 0 spiro atoms. The first-order chi connectivity index (χ1) is 7.27. The molecule has 0 unspecified atom stereocenters. The van der Waals surface area contributed by atoms with Crippen molar-refractivity contribution in [2.75, 3.05) is 13.2 Å². The molecule has 1 aliphatic rings. The van der Waals surface area contributed by atoms with Crippen LogP contribution < -0.4 is 0 Å². The summed E-state index contributed by atoms with van der Waals surface area (Å²) in [6.07, 6.45) is 4.13. The Balaban J connectivity index is 2.31. The Labute approximate surface area is 86.5 Å². The Hall–Kier alpha value is -1.75. The standard InChI is InChI=1S/C10H10N2O3/c13-12(14)9-1-4-11-10(7-9)8-2-5-15-6-3-8/h1-2,4,7H,3,5-6H2. The van der Waals surface area contributed by atoms with Gasteiger partial charge in [-0.15, -0.1) is 0 Å². The van der Waals surface area contributed by atoms with E-state index < -0.39 is 4.92 Å². The summed E-state index contributed by atoms with van der Waals surface area (Å²) in [6, 6.07) is 2.89. The molecule has 0 aliphatic carbocycles. The van der Waals surface area contributed by atoms with Crippen LogP contribution in [0.25, 0.3) is 5.57 Å². The molecule has 2 rings (SSSR count). The van der Waals surface area contributed by atoms with Gasteiger partial charge in [-0.2, -0.15) is 0 Å². The molecule has 0 saturated heterocycles. The van der Waals surface area contributed by atoms with Crippen LogP contribution in [0, 0.1) is 10.1 Å². The Bertz CT molecular complexity index is 415. The lowest BCUT2D eigenvalue weighted by molar-refractivity contribution is -0.385. The normalized spacial score (nSPS) is 15.9. The molecule has 0 fully saturated rings. The minimum absolute atomic E-state index is 0.0763. The van der Waals surface area contributed by atoms with Crippen LogP contribution in [0.15, 0.2) is 24.4 Å².